The number of piperazine rings is 1. The summed E-state index contributed by atoms with van der Waals surface area (Å²) in [6.45, 7) is 11.7. The van der Waals surface area contributed by atoms with Crippen LogP contribution in [0.1, 0.15) is 33.6 Å². The zero-order chi connectivity index (χ0) is 12.0. The maximum atomic E-state index is 3.46. The van der Waals surface area contributed by atoms with Crippen molar-refractivity contribution in [2.45, 2.75) is 45.7 Å². The Balaban J connectivity index is 2.31. The van der Waals surface area contributed by atoms with Crippen LogP contribution in [0.3, 0.4) is 0 Å². The third-order valence-electron chi connectivity index (χ3n) is 3.56. The molecule has 0 spiro atoms. The van der Waals surface area contributed by atoms with Crippen molar-refractivity contribution >= 4 is 0 Å². The number of nitrogens with one attached hydrogen (secondary N) is 2. The van der Waals surface area contributed by atoms with E-state index in [0.29, 0.717) is 12.1 Å². The van der Waals surface area contributed by atoms with Crippen molar-refractivity contribution in [2.75, 3.05) is 33.2 Å². The van der Waals surface area contributed by atoms with Crippen molar-refractivity contribution < 1.29 is 0 Å². The third kappa shape index (κ3) is 4.81. The predicted molar refractivity (Wildman–Crippen MR) is 70.8 cm³/mol. The summed E-state index contributed by atoms with van der Waals surface area (Å²) < 4.78 is 0. The summed E-state index contributed by atoms with van der Waals surface area (Å²) in [6, 6.07) is 1.38. The van der Waals surface area contributed by atoms with Gasteiger partial charge < -0.3 is 10.6 Å². The first kappa shape index (κ1) is 13.9. The molecule has 16 heavy (non-hydrogen) atoms. The molecule has 0 saturated carbocycles. The standard InChI is InChI=1S/C13H29N3/c1-11(2)9-13(14-4)10-12(3)16-7-5-15-6-8-16/h11-15H,5-10H2,1-4H3. The number of nitrogens with zero attached hydrogens (tertiary/aromatic N) is 1. The molecular formula is C13H29N3. The molecule has 96 valence electrons. The van der Waals surface area contributed by atoms with Crippen molar-refractivity contribution in [1.29, 1.82) is 0 Å². The van der Waals surface area contributed by atoms with Crippen LogP contribution in [0.5, 0.6) is 0 Å². The molecule has 0 aromatic rings. The summed E-state index contributed by atoms with van der Waals surface area (Å²) in [5, 5.41) is 6.87. The molecule has 1 aliphatic heterocycles. The van der Waals surface area contributed by atoms with E-state index in [2.05, 4.69) is 43.4 Å². The topological polar surface area (TPSA) is 27.3 Å². The molecule has 0 aromatic carbocycles. The Labute approximate surface area is 101 Å². The van der Waals surface area contributed by atoms with Crippen LogP contribution in [-0.2, 0) is 0 Å². The molecule has 0 radical (unpaired) electrons. The molecule has 0 amide bonds. The molecule has 2 N–H and O–H groups in total. The van der Waals surface area contributed by atoms with Gasteiger partial charge in [-0.15, -0.1) is 0 Å². The second kappa shape index (κ2) is 7.25. The Morgan fingerprint density at radius 3 is 2.25 bits per heavy atom. The molecule has 2 unspecified atom stereocenters. The summed E-state index contributed by atoms with van der Waals surface area (Å²) in [5.41, 5.74) is 0. The van der Waals surface area contributed by atoms with Gasteiger partial charge in [0.15, 0.2) is 0 Å². The van der Waals surface area contributed by atoms with Crippen LogP contribution in [0.4, 0.5) is 0 Å². The Bertz CT molecular complexity index is 176. The van der Waals surface area contributed by atoms with Gasteiger partial charge >= 0.3 is 0 Å². The highest BCUT2D eigenvalue weighted by atomic mass is 15.2. The van der Waals surface area contributed by atoms with Crippen LogP contribution in [0, 0.1) is 5.92 Å². The smallest absolute Gasteiger partial charge is 0.0110 e. The minimum atomic E-state index is 0.671. The highest BCUT2D eigenvalue weighted by Gasteiger charge is 2.19. The van der Waals surface area contributed by atoms with Gasteiger partial charge in [0.25, 0.3) is 0 Å². The summed E-state index contributed by atoms with van der Waals surface area (Å²) in [5.74, 6) is 0.785. The monoisotopic (exact) mass is 227 g/mol. The third-order valence-corrected chi connectivity index (χ3v) is 3.56. The molecule has 1 saturated heterocycles. The predicted octanol–water partition coefficient (Wildman–Crippen LogP) is 1.30. The van der Waals surface area contributed by atoms with Gasteiger partial charge in [0.05, 0.1) is 0 Å². The lowest BCUT2D eigenvalue weighted by atomic mass is 9.97. The molecule has 3 heteroatoms. The average Bonchev–Trinajstić information content (AvgIpc) is 2.28. The molecule has 0 aliphatic carbocycles. The van der Waals surface area contributed by atoms with Gasteiger partial charge in [-0.05, 0) is 32.7 Å². The minimum absolute atomic E-state index is 0.671. The molecule has 1 aliphatic rings. The molecule has 1 heterocycles. The number of hydrogen-bond acceptors (Lipinski definition) is 3. The molecule has 1 fully saturated rings. The van der Waals surface area contributed by atoms with Crippen LogP contribution < -0.4 is 10.6 Å². The molecule has 0 bridgehead atoms. The Hall–Kier alpha value is -0.120. The van der Waals surface area contributed by atoms with Gasteiger partial charge in [-0.25, -0.2) is 0 Å². The lowest BCUT2D eigenvalue weighted by Gasteiger charge is -2.35. The highest BCUT2D eigenvalue weighted by molar-refractivity contribution is 4.78. The van der Waals surface area contributed by atoms with Crippen LogP contribution in [-0.4, -0.2) is 50.2 Å². The Morgan fingerprint density at radius 1 is 1.12 bits per heavy atom. The minimum Gasteiger partial charge on any atom is -0.317 e. The lowest BCUT2D eigenvalue weighted by molar-refractivity contribution is 0.163. The van der Waals surface area contributed by atoms with E-state index >= 15 is 0 Å². The number of hydrogen-bond donors (Lipinski definition) is 2. The first-order chi connectivity index (χ1) is 7.63. The maximum absolute atomic E-state index is 3.46. The van der Waals surface area contributed by atoms with Crippen molar-refractivity contribution in [3.05, 3.63) is 0 Å². The highest BCUT2D eigenvalue weighted by Crippen LogP contribution is 2.13. The molecule has 3 nitrogen and oxygen atoms in total. The van der Waals surface area contributed by atoms with E-state index in [0.717, 1.165) is 19.0 Å². The van der Waals surface area contributed by atoms with Crippen LogP contribution in [0.2, 0.25) is 0 Å². The van der Waals surface area contributed by atoms with E-state index in [1.54, 1.807) is 0 Å². The van der Waals surface area contributed by atoms with Crippen molar-refractivity contribution in [3.63, 3.8) is 0 Å². The second-order valence-electron chi connectivity index (χ2n) is 5.49. The molecular weight excluding hydrogens is 198 g/mol. The van der Waals surface area contributed by atoms with Crippen molar-refractivity contribution in [1.82, 2.24) is 15.5 Å². The van der Waals surface area contributed by atoms with E-state index in [4.69, 9.17) is 0 Å². The fraction of sp³-hybridized carbons (Fsp3) is 1.00. The Kier molecular flexibility index (Phi) is 6.32. The lowest BCUT2D eigenvalue weighted by Crippen LogP contribution is -2.49. The average molecular weight is 227 g/mol. The first-order valence-electron chi connectivity index (χ1n) is 6.75. The van der Waals surface area contributed by atoms with Crippen LogP contribution >= 0.6 is 0 Å². The summed E-state index contributed by atoms with van der Waals surface area (Å²) >= 11 is 0. The first-order valence-corrected chi connectivity index (χ1v) is 6.75. The number of rotatable bonds is 6. The van der Waals surface area contributed by atoms with Crippen molar-refractivity contribution in [3.8, 4) is 0 Å². The van der Waals surface area contributed by atoms with E-state index in [1.165, 1.54) is 25.9 Å². The molecule has 1 rings (SSSR count). The van der Waals surface area contributed by atoms with E-state index in [-0.39, 0.29) is 0 Å². The largest absolute Gasteiger partial charge is 0.317 e. The summed E-state index contributed by atoms with van der Waals surface area (Å²) in [4.78, 5) is 2.61. The van der Waals surface area contributed by atoms with Crippen LogP contribution in [0.25, 0.3) is 0 Å². The summed E-state index contributed by atoms with van der Waals surface area (Å²) in [7, 11) is 2.09. The fourth-order valence-corrected chi connectivity index (χ4v) is 2.58. The van der Waals surface area contributed by atoms with Crippen molar-refractivity contribution in [2.24, 2.45) is 5.92 Å². The normalized spacial score (nSPS) is 22.3. The second-order valence-corrected chi connectivity index (χ2v) is 5.49. The molecule has 0 aromatic heterocycles. The van der Waals surface area contributed by atoms with Gasteiger partial charge in [-0.2, -0.15) is 0 Å². The van der Waals surface area contributed by atoms with E-state index < -0.39 is 0 Å². The summed E-state index contributed by atoms with van der Waals surface area (Å²) in [6.07, 6.45) is 2.56. The molecule has 2 atom stereocenters. The van der Waals surface area contributed by atoms with E-state index in [9.17, 15) is 0 Å². The van der Waals surface area contributed by atoms with Gasteiger partial charge in [0.1, 0.15) is 0 Å². The SMILES string of the molecule is CNC(CC(C)C)CC(C)N1CCNCC1. The zero-order valence-electron chi connectivity index (χ0n) is 11.4. The van der Waals surface area contributed by atoms with Gasteiger partial charge in [0.2, 0.25) is 0 Å². The van der Waals surface area contributed by atoms with Crippen LogP contribution in [0.15, 0.2) is 0 Å². The quantitative estimate of drug-likeness (QED) is 0.716. The fourth-order valence-electron chi connectivity index (χ4n) is 2.58. The Morgan fingerprint density at radius 2 is 1.75 bits per heavy atom. The zero-order valence-corrected chi connectivity index (χ0v) is 11.4. The van der Waals surface area contributed by atoms with Gasteiger partial charge in [-0.1, -0.05) is 13.8 Å². The van der Waals surface area contributed by atoms with Gasteiger partial charge in [0, 0.05) is 38.3 Å². The van der Waals surface area contributed by atoms with E-state index in [1.807, 2.05) is 0 Å². The maximum Gasteiger partial charge on any atom is 0.0110 e. The van der Waals surface area contributed by atoms with Gasteiger partial charge in [-0.3, -0.25) is 4.90 Å².